The average Bonchev–Trinajstić information content (AvgIpc) is 2.88. The molecule has 0 spiro atoms. The molecule has 1 aliphatic rings. The van der Waals surface area contributed by atoms with E-state index in [1.54, 1.807) is 0 Å². The Morgan fingerprint density at radius 2 is 2.16 bits per heavy atom. The molecule has 4 nitrogen and oxygen atoms in total. The third kappa shape index (κ3) is 3.93. The number of halogens is 1. The normalized spacial score (nSPS) is 21.8. The molecule has 1 amide bonds. The molecular weight excluding hydrogens is 264 g/mol. The van der Waals surface area contributed by atoms with E-state index < -0.39 is 0 Å². The van der Waals surface area contributed by atoms with Gasteiger partial charge in [-0.1, -0.05) is 25.1 Å². The fraction of sp³-hybridized carbons (Fsp3) is 0.500. The molecule has 106 valence electrons. The summed E-state index contributed by atoms with van der Waals surface area (Å²) in [6.45, 7) is 2.55. The van der Waals surface area contributed by atoms with Crippen LogP contribution in [0.1, 0.15) is 25.3 Å². The molecule has 0 aliphatic carbocycles. The number of amides is 1. The van der Waals surface area contributed by atoms with Gasteiger partial charge in [0.15, 0.2) is 0 Å². The maximum Gasteiger partial charge on any atom is 0.253 e. The van der Waals surface area contributed by atoms with E-state index in [2.05, 4.69) is 12.2 Å². The highest BCUT2D eigenvalue weighted by Crippen LogP contribution is 2.22. The first-order chi connectivity index (χ1) is 8.74. The molecule has 1 aliphatic heterocycles. The number of hydrogen-bond donors (Lipinski definition) is 2. The van der Waals surface area contributed by atoms with Crippen molar-refractivity contribution in [1.29, 1.82) is 0 Å². The molecule has 5 heteroatoms. The van der Waals surface area contributed by atoms with Crippen molar-refractivity contribution < 1.29 is 9.53 Å². The van der Waals surface area contributed by atoms with E-state index in [-0.39, 0.29) is 30.5 Å². The molecule has 0 saturated carbocycles. The minimum Gasteiger partial charge on any atom is -0.364 e. The molecule has 0 aromatic heterocycles. The molecule has 1 heterocycles. The molecule has 2 rings (SSSR count). The number of benzene rings is 1. The van der Waals surface area contributed by atoms with Crippen LogP contribution in [0.2, 0.25) is 0 Å². The van der Waals surface area contributed by atoms with Crippen LogP contribution in [0.25, 0.3) is 0 Å². The van der Waals surface area contributed by atoms with E-state index in [0.717, 1.165) is 30.5 Å². The first-order valence-corrected chi connectivity index (χ1v) is 6.49. The third-order valence-corrected chi connectivity index (χ3v) is 3.32. The van der Waals surface area contributed by atoms with Crippen LogP contribution in [0.4, 0.5) is 5.69 Å². The van der Waals surface area contributed by atoms with Gasteiger partial charge >= 0.3 is 0 Å². The number of carbonyl (C=O) groups is 1. The maximum absolute atomic E-state index is 12.1. The minimum atomic E-state index is -0.358. The number of aryl methyl sites for hydroxylation is 1. The highest BCUT2D eigenvalue weighted by molar-refractivity contribution is 5.95. The van der Waals surface area contributed by atoms with E-state index in [0.29, 0.717) is 6.54 Å². The summed E-state index contributed by atoms with van der Waals surface area (Å²) < 4.78 is 5.58. The molecule has 1 aromatic rings. The van der Waals surface area contributed by atoms with Gasteiger partial charge in [-0.25, -0.2) is 0 Å². The number of hydrogen-bond acceptors (Lipinski definition) is 3. The van der Waals surface area contributed by atoms with Crippen LogP contribution in [0.3, 0.4) is 0 Å². The molecular formula is C14H21ClN2O2. The second-order valence-electron chi connectivity index (χ2n) is 4.56. The van der Waals surface area contributed by atoms with Crippen LogP contribution in [0, 0.1) is 0 Å². The Labute approximate surface area is 120 Å². The van der Waals surface area contributed by atoms with E-state index in [1.807, 2.05) is 24.3 Å². The van der Waals surface area contributed by atoms with E-state index in [9.17, 15) is 4.79 Å². The van der Waals surface area contributed by atoms with Crippen LogP contribution in [-0.2, 0) is 16.0 Å². The Bertz CT molecular complexity index is 426. The second-order valence-corrected chi connectivity index (χ2v) is 4.56. The van der Waals surface area contributed by atoms with Crippen LogP contribution < -0.4 is 11.1 Å². The standard InChI is InChI=1S/C14H20N2O2.ClH/c1-2-10-5-3-4-6-12(10)16-14(17)13-8-7-11(9-15)18-13;/h3-6,11,13H,2,7-9,15H2,1H3,(H,16,17);1H/t11-,13+;/m1./s1. The van der Waals surface area contributed by atoms with Gasteiger partial charge in [-0.2, -0.15) is 0 Å². The zero-order valence-corrected chi connectivity index (χ0v) is 11.9. The summed E-state index contributed by atoms with van der Waals surface area (Å²) in [4.78, 5) is 12.1. The Morgan fingerprint density at radius 3 is 2.79 bits per heavy atom. The predicted molar refractivity (Wildman–Crippen MR) is 78.6 cm³/mol. The summed E-state index contributed by atoms with van der Waals surface area (Å²) in [5.74, 6) is -0.0631. The fourth-order valence-electron chi connectivity index (χ4n) is 2.24. The lowest BCUT2D eigenvalue weighted by atomic mass is 10.1. The number of para-hydroxylation sites is 1. The number of ether oxygens (including phenoxy) is 1. The van der Waals surface area contributed by atoms with Crippen molar-refractivity contribution in [1.82, 2.24) is 0 Å². The van der Waals surface area contributed by atoms with Crippen molar-refractivity contribution >= 4 is 24.0 Å². The largest absolute Gasteiger partial charge is 0.364 e. The predicted octanol–water partition coefficient (Wildman–Crippen LogP) is 2.12. The van der Waals surface area contributed by atoms with Crippen molar-refractivity contribution in [2.24, 2.45) is 5.73 Å². The van der Waals surface area contributed by atoms with E-state index in [1.165, 1.54) is 0 Å². The highest BCUT2D eigenvalue weighted by Gasteiger charge is 2.29. The van der Waals surface area contributed by atoms with Gasteiger partial charge in [0.2, 0.25) is 0 Å². The number of rotatable bonds is 4. The first-order valence-electron chi connectivity index (χ1n) is 6.49. The lowest BCUT2D eigenvalue weighted by Gasteiger charge is -2.14. The SMILES string of the molecule is CCc1ccccc1NC(=O)[C@@H]1CC[C@H](CN)O1.Cl. The molecule has 19 heavy (non-hydrogen) atoms. The van der Waals surface area contributed by atoms with Gasteiger partial charge in [-0.3, -0.25) is 4.79 Å². The minimum absolute atomic E-state index is 0. The van der Waals surface area contributed by atoms with Gasteiger partial charge in [0.05, 0.1) is 6.10 Å². The van der Waals surface area contributed by atoms with Crippen molar-refractivity contribution in [3.63, 3.8) is 0 Å². The van der Waals surface area contributed by atoms with Crippen LogP contribution in [0.5, 0.6) is 0 Å². The monoisotopic (exact) mass is 284 g/mol. The Hall–Kier alpha value is -1.10. The highest BCUT2D eigenvalue weighted by atomic mass is 35.5. The van der Waals surface area contributed by atoms with Gasteiger partial charge in [0.1, 0.15) is 6.10 Å². The van der Waals surface area contributed by atoms with Gasteiger partial charge in [-0.05, 0) is 30.9 Å². The van der Waals surface area contributed by atoms with Crippen LogP contribution >= 0.6 is 12.4 Å². The molecule has 1 fully saturated rings. The smallest absolute Gasteiger partial charge is 0.253 e. The number of nitrogens with one attached hydrogen (secondary N) is 1. The summed E-state index contributed by atoms with van der Waals surface area (Å²) in [6, 6.07) is 7.85. The van der Waals surface area contributed by atoms with Gasteiger partial charge < -0.3 is 15.8 Å². The van der Waals surface area contributed by atoms with Gasteiger partial charge in [-0.15, -0.1) is 12.4 Å². The topological polar surface area (TPSA) is 64.4 Å². The molecule has 1 saturated heterocycles. The summed E-state index contributed by atoms with van der Waals surface area (Å²) >= 11 is 0. The summed E-state index contributed by atoms with van der Waals surface area (Å²) in [7, 11) is 0. The molecule has 1 aromatic carbocycles. The Morgan fingerprint density at radius 1 is 1.42 bits per heavy atom. The zero-order valence-electron chi connectivity index (χ0n) is 11.1. The summed E-state index contributed by atoms with van der Waals surface area (Å²) in [5.41, 5.74) is 7.56. The first kappa shape index (κ1) is 16.0. The summed E-state index contributed by atoms with van der Waals surface area (Å²) in [6.07, 6.45) is 2.19. The molecule has 0 radical (unpaired) electrons. The Balaban J connectivity index is 0.00000180. The average molecular weight is 285 g/mol. The van der Waals surface area contributed by atoms with Gasteiger partial charge in [0, 0.05) is 12.2 Å². The quantitative estimate of drug-likeness (QED) is 0.890. The number of anilines is 1. The van der Waals surface area contributed by atoms with Crippen molar-refractivity contribution in [2.45, 2.75) is 38.4 Å². The molecule has 0 bridgehead atoms. The number of carbonyl (C=O) groups excluding carboxylic acids is 1. The third-order valence-electron chi connectivity index (χ3n) is 3.32. The van der Waals surface area contributed by atoms with Gasteiger partial charge in [0.25, 0.3) is 5.91 Å². The number of nitrogens with two attached hydrogens (primary N) is 1. The Kier molecular flexibility index (Phi) is 6.28. The molecule has 2 atom stereocenters. The lowest BCUT2D eigenvalue weighted by molar-refractivity contribution is -0.126. The molecule has 0 unspecified atom stereocenters. The van der Waals surface area contributed by atoms with Crippen molar-refractivity contribution in [2.75, 3.05) is 11.9 Å². The second kappa shape index (κ2) is 7.48. The van der Waals surface area contributed by atoms with Crippen molar-refractivity contribution in [3.05, 3.63) is 29.8 Å². The van der Waals surface area contributed by atoms with E-state index in [4.69, 9.17) is 10.5 Å². The van der Waals surface area contributed by atoms with Crippen LogP contribution in [-0.4, -0.2) is 24.7 Å². The zero-order chi connectivity index (χ0) is 13.0. The lowest BCUT2D eigenvalue weighted by Crippen LogP contribution is -2.30. The van der Waals surface area contributed by atoms with Crippen molar-refractivity contribution in [3.8, 4) is 0 Å². The molecule has 3 N–H and O–H groups in total. The maximum atomic E-state index is 12.1. The summed E-state index contributed by atoms with van der Waals surface area (Å²) in [5, 5.41) is 2.94. The van der Waals surface area contributed by atoms with Crippen LogP contribution in [0.15, 0.2) is 24.3 Å². The van der Waals surface area contributed by atoms with E-state index >= 15 is 0 Å². The fourth-order valence-corrected chi connectivity index (χ4v) is 2.24.